The number of alkyl halides is 1. The van der Waals surface area contributed by atoms with Crippen LogP contribution in [-0.2, 0) is 5.41 Å². The lowest BCUT2D eigenvalue weighted by Gasteiger charge is -2.29. The summed E-state index contributed by atoms with van der Waals surface area (Å²) < 4.78 is 0. The average Bonchev–Trinajstić information content (AvgIpc) is 2.15. The van der Waals surface area contributed by atoms with Crippen LogP contribution in [0.3, 0.4) is 0 Å². The Morgan fingerprint density at radius 2 is 1.65 bits per heavy atom. The molecule has 1 N–H and O–H groups in total. The van der Waals surface area contributed by atoms with E-state index in [0.29, 0.717) is 5.88 Å². The zero-order chi connectivity index (χ0) is 13.1. The van der Waals surface area contributed by atoms with Crippen molar-refractivity contribution < 1.29 is 0 Å². The maximum absolute atomic E-state index is 5.70. The Bertz CT molecular complexity index is 360. The van der Waals surface area contributed by atoms with Crippen LogP contribution in [0.5, 0.6) is 0 Å². The van der Waals surface area contributed by atoms with E-state index in [-0.39, 0.29) is 5.41 Å². The largest absolute Gasteiger partial charge is 0.315 e. The van der Waals surface area contributed by atoms with Gasteiger partial charge in [-0.15, -0.1) is 11.6 Å². The van der Waals surface area contributed by atoms with Crippen LogP contribution >= 0.6 is 11.6 Å². The lowest BCUT2D eigenvalue weighted by Crippen LogP contribution is -2.35. The maximum Gasteiger partial charge on any atom is 0.0348 e. The molecule has 0 atom stereocenters. The number of aryl methyl sites for hydroxylation is 3. The minimum absolute atomic E-state index is 0.147. The van der Waals surface area contributed by atoms with E-state index >= 15 is 0 Å². The zero-order valence-corrected chi connectivity index (χ0v) is 12.4. The molecule has 0 aliphatic rings. The van der Waals surface area contributed by atoms with E-state index in [4.69, 9.17) is 11.6 Å². The molecule has 0 aliphatic carbocycles. The molecule has 2 heteroatoms. The minimum atomic E-state index is 0.147. The smallest absolute Gasteiger partial charge is 0.0348 e. The van der Waals surface area contributed by atoms with E-state index in [1.165, 1.54) is 22.3 Å². The fourth-order valence-corrected chi connectivity index (χ4v) is 2.94. The Labute approximate surface area is 111 Å². The van der Waals surface area contributed by atoms with E-state index in [9.17, 15) is 0 Å². The molecular weight excluding hydrogens is 230 g/mol. The molecule has 1 rings (SSSR count). The van der Waals surface area contributed by atoms with Gasteiger partial charge in [-0.1, -0.05) is 31.5 Å². The van der Waals surface area contributed by atoms with Crippen molar-refractivity contribution in [2.75, 3.05) is 19.0 Å². The molecule has 0 spiro atoms. The predicted molar refractivity (Wildman–Crippen MR) is 77.3 cm³/mol. The lowest BCUT2D eigenvalue weighted by atomic mass is 9.79. The van der Waals surface area contributed by atoms with Gasteiger partial charge in [0.15, 0.2) is 0 Å². The van der Waals surface area contributed by atoms with E-state index in [1.807, 2.05) is 0 Å². The molecule has 0 unspecified atom stereocenters. The van der Waals surface area contributed by atoms with Crippen molar-refractivity contribution in [3.63, 3.8) is 0 Å². The molecule has 17 heavy (non-hydrogen) atoms. The molecule has 0 radical (unpaired) electrons. The summed E-state index contributed by atoms with van der Waals surface area (Å²) in [4.78, 5) is 0. The summed E-state index contributed by atoms with van der Waals surface area (Å²) >= 11 is 5.70. The standard InChI is InChI=1S/C15H24ClN/c1-11-8-12(2)14(13(3)9-11)15(4,5)10-17-7-6-16/h8-9,17H,6-7,10H2,1-5H3. The Kier molecular flexibility index (Phi) is 5.03. The van der Waals surface area contributed by atoms with Gasteiger partial charge < -0.3 is 5.32 Å². The van der Waals surface area contributed by atoms with Gasteiger partial charge in [0.2, 0.25) is 0 Å². The molecule has 1 aromatic rings. The van der Waals surface area contributed by atoms with Gasteiger partial charge >= 0.3 is 0 Å². The van der Waals surface area contributed by atoms with Gasteiger partial charge in [-0.05, 0) is 37.5 Å². The number of nitrogens with one attached hydrogen (secondary N) is 1. The summed E-state index contributed by atoms with van der Waals surface area (Å²) in [6, 6.07) is 4.54. The summed E-state index contributed by atoms with van der Waals surface area (Å²) in [6.45, 7) is 13.0. The van der Waals surface area contributed by atoms with Gasteiger partial charge in [-0.2, -0.15) is 0 Å². The topological polar surface area (TPSA) is 12.0 Å². The number of halogens is 1. The summed E-state index contributed by atoms with van der Waals surface area (Å²) in [5.41, 5.74) is 5.73. The van der Waals surface area contributed by atoms with Crippen molar-refractivity contribution in [1.29, 1.82) is 0 Å². The third kappa shape index (κ3) is 3.72. The highest BCUT2D eigenvalue weighted by atomic mass is 35.5. The quantitative estimate of drug-likeness (QED) is 0.623. The summed E-state index contributed by atoms with van der Waals surface area (Å²) in [5, 5.41) is 3.41. The molecule has 0 bridgehead atoms. The van der Waals surface area contributed by atoms with Crippen LogP contribution in [0.1, 0.15) is 36.1 Å². The summed E-state index contributed by atoms with van der Waals surface area (Å²) in [6.07, 6.45) is 0. The number of hydrogen-bond acceptors (Lipinski definition) is 1. The molecular formula is C15H24ClN. The first-order chi connectivity index (χ1) is 7.88. The van der Waals surface area contributed by atoms with Gasteiger partial charge in [0.25, 0.3) is 0 Å². The molecule has 0 amide bonds. The normalized spacial score (nSPS) is 11.9. The van der Waals surface area contributed by atoms with E-state index in [1.54, 1.807) is 0 Å². The zero-order valence-electron chi connectivity index (χ0n) is 11.7. The molecule has 1 aromatic carbocycles. The Balaban J connectivity index is 2.97. The molecule has 0 heterocycles. The first-order valence-corrected chi connectivity index (χ1v) is 6.77. The summed E-state index contributed by atoms with van der Waals surface area (Å²) in [7, 11) is 0. The van der Waals surface area contributed by atoms with Crippen molar-refractivity contribution in [3.8, 4) is 0 Å². The van der Waals surface area contributed by atoms with Crippen LogP contribution in [-0.4, -0.2) is 19.0 Å². The third-order valence-electron chi connectivity index (χ3n) is 3.19. The number of benzene rings is 1. The van der Waals surface area contributed by atoms with Crippen molar-refractivity contribution >= 4 is 11.6 Å². The highest BCUT2D eigenvalue weighted by Gasteiger charge is 2.24. The first-order valence-electron chi connectivity index (χ1n) is 6.23. The fraction of sp³-hybridized carbons (Fsp3) is 0.600. The van der Waals surface area contributed by atoms with Gasteiger partial charge in [0.1, 0.15) is 0 Å². The second-order valence-electron chi connectivity index (χ2n) is 5.52. The Morgan fingerprint density at radius 1 is 1.12 bits per heavy atom. The van der Waals surface area contributed by atoms with Gasteiger partial charge in [0, 0.05) is 24.4 Å². The average molecular weight is 254 g/mol. The van der Waals surface area contributed by atoms with E-state index < -0.39 is 0 Å². The molecule has 0 aliphatic heterocycles. The Morgan fingerprint density at radius 3 is 2.12 bits per heavy atom. The molecule has 0 aromatic heterocycles. The van der Waals surface area contributed by atoms with E-state index in [0.717, 1.165) is 13.1 Å². The first kappa shape index (κ1) is 14.5. The molecule has 96 valence electrons. The van der Waals surface area contributed by atoms with Crippen LogP contribution in [0, 0.1) is 20.8 Å². The maximum atomic E-state index is 5.70. The van der Waals surface area contributed by atoms with Gasteiger partial charge in [-0.25, -0.2) is 0 Å². The van der Waals surface area contributed by atoms with Crippen molar-refractivity contribution in [3.05, 3.63) is 34.4 Å². The highest BCUT2D eigenvalue weighted by Crippen LogP contribution is 2.29. The third-order valence-corrected chi connectivity index (χ3v) is 3.38. The van der Waals surface area contributed by atoms with Gasteiger partial charge in [-0.3, -0.25) is 0 Å². The Hall–Kier alpha value is -0.530. The molecule has 0 saturated heterocycles. The second-order valence-corrected chi connectivity index (χ2v) is 5.90. The summed E-state index contributed by atoms with van der Waals surface area (Å²) in [5.74, 6) is 0.669. The van der Waals surface area contributed by atoms with Crippen molar-refractivity contribution in [1.82, 2.24) is 5.32 Å². The van der Waals surface area contributed by atoms with Gasteiger partial charge in [0.05, 0.1) is 0 Å². The SMILES string of the molecule is Cc1cc(C)c(C(C)(C)CNCCCl)c(C)c1. The van der Waals surface area contributed by atoms with Crippen LogP contribution in [0.15, 0.2) is 12.1 Å². The monoisotopic (exact) mass is 253 g/mol. The predicted octanol–water partition coefficient (Wildman–Crippen LogP) is 3.72. The van der Waals surface area contributed by atoms with Crippen LogP contribution in [0.4, 0.5) is 0 Å². The fourth-order valence-electron chi connectivity index (χ4n) is 2.80. The van der Waals surface area contributed by atoms with Crippen molar-refractivity contribution in [2.45, 2.75) is 40.0 Å². The highest BCUT2D eigenvalue weighted by molar-refractivity contribution is 6.18. The van der Waals surface area contributed by atoms with Crippen LogP contribution < -0.4 is 5.32 Å². The lowest BCUT2D eigenvalue weighted by molar-refractivity contribution is 0.473. The molecule has 1 nitrogen and oxygen atoms in total. The molecule has 0 saturated carbocycles. The van der Waals surface area contributed by atoms with Crippen LogP contribution in [0.25, 0.3) is 0 Å². The van der Waals surface area contributed by atoms with Crippen molar-refractivity contribution in [2.24, 2.45) is 0 Å². The van der Waals surface area contributed by atoms with Crippen LogP contribution in [0.2, 0.25) is 0 Å². The second kappa shape index (κ2) is 5.88. The van der Waals surface area contributed by atoms with E-state index in [2.05, 4.69) is 52.1 Å². The molecule has 0 fully saturated rings. The minimum Gasteiger partial charge on any atom is -0.315 e. The number of hydrogen-bond donors (Lipinski definition) is 1. The number of rotatable bonds is 5.